The number of carbonyl (C=O) groups is 1. The number of methoxy groups -OCH3 is 1. The maximum atomic E-state index is 12.6. The van der Waals surface area contributed by atoms with Gasteiger partial charge in [0.15, 0.2) is 0 Å². The molecule has 1 saturated heterocycles. The van der Waals surface area contributed by atoms with E-state index in [1.807, 2.05) is 31.2 Å². The van der Waals surface area contributed by atoms with E-state index in [9.17, 15) is 4.79 Å². The van der Waals surface area contributed by atoms with Crippen molar-refractivity contribution in [2.75, 3.05) is 32.1 Å². The molecule has 2 N–H and O–H groups in total. The first-order chi connectivity index (χ1) is 9.16. The van der Waals surface area contributed by atoms with Crippen LogP contribution in [0, 0.1) is 12.3 Å². The predicted molar refractivity (Wildman–Crippen MR) is 83.5 cm³/mol. The SMILES string of the molecule is COCC1(C(=O)Nc2cccc(C)c2)CCNCC1.Cl. The molecule has 5 heteroatoms. The van der Waals surface area contributed by atoms with E-state index < -0.39 is 5.41 Å². The first-order valence-corrected chi connectivity index (χ1v) is 6.74. The minimum atomic E-state index is -0.399. The third kappa shape index (κ3) is 3.95. The molecule has 0 aromatic heterocycles. The van der Waals surface area contributed by atoms with Gasteiger partial charge >= 0.3 is 0 Å². The normalized spacial score (nSPS) is 17.1. The Morgan fingerprint density at radius 2 is 2.10 bits per heavy atom. The summed E-state index contributed by atoms with van der Waals surface area (Å²) in [6.07, 6.45) is 1.64. The fraction of sp³-hybridized carbons (Fsp3) is 0.533. The maximum absolute atomic E-state index is 12.6. The highest BCUT2D eigenvalue weighted by molar-refractivity contribution is 5.95. The molecule has 0 aliphatic carbocycles. The van der Waals surface area contributed by atoms with Crippen molar-refractivity contribution in [3.05, 3.63) is 29.8 Å². The topological polar surface area (TPSA) is 50.4 Å². The summed E-state index contributed by atoms with van der Waals surface area (Å²) in [5, 5.41) is 6.32. The first-order valence-electron chi connectivity index (χ1n) is 6.74. The second-order valence-electron chi connectivity index (χ2n) is 5.29. The molecule has 0 unspecified atom stereocenters. The molecule has 0 bridgehead atoms. The van der Waals surface area contributed by atoms with Crippen LogP contribution in [0.5, 0.6) is 0 Å². The van der Waals surface area contributed by atoms with Gasteiger partial charge in [0.1, 0.15) is 0 Å². The van der Waals surface area contributed by atoms with Gasteiger partial charge in [-0.15, -0.1) is 12.4 Å². The number of halogens is 1. The Bertz CT molecular complexity index is 440. The standard InChI is InChI=1S/C15H22N2O2.ClH/c1-12-4-3-5-13(10-12)17-14(18)15(11-19-2)6-8-16-9-7-15;/h3-5,10,16H,6-9,11H2,1-2H3,(H,17,18);1H. The van der Waals surface area contributed by atoms with E-state index in [0.29, 0.717) is 6.61 Å². The Morgan fingerprint density at radius 3 is 2.70 bits per heavy atom. The summed E-state index contributed by atoms with van der Waals surface area (Å²) in [7, 11) is 1.66. The molecule has 1 aromatic carbocycles. The first kappa shape index (κ1) is 17.0. The monoisotopic (exact) mass is 298 g/mol. The Labute approximate surface area is 126 Å². The zero-order valence-electron chi connectivity index (χ0n) is 12.1. The van der Waals surface area contributed by atoms with Crippen molar-refractivity contribution in [3.8, 4) is 0 Å². The number of rotatable bonds is 4. The van der Waals surface area contributed by atoms with Gasteiger partial charge < -0.3 is 15.4 Å². The zero-order chi connectivity index (χ0) is 13.7. The number of nitrogens with one attached hydrogen (secondary N) is 2. The molecule has 1 aliphatic rings. The fourth-order valence-electron chi connectivity index (χ4n) is 2.61. The van der Waals surface area contributed by atoms with Crippen LogP contribution in [0.1, 0.15) is 18.4 Å². The minimum absolute atomic E-state index is 0. The number of piperidine rings is 1. The zero-order valence-corrected chi connectivity index (χ0v) is 12.9. The number of hydrogen-bond acceptors (Lipinski definition) is 3. The molecular weight excluding hydrogens is 276 g/mol. The van der Waals surface area contributed by atoms with Crippen molar-refractivity contribution >= 4 is 24.0 Å². The number of aryl methyl sites for hydroxylation is 1. The van der Waals surface area contributed by atoms with E-state index in [2.05, 4.69) is 10.6 Å². The van der Waals surface area contributed by atoms with Gasteiger partial charge in [0.25, 0.3) is 0 Å². The van der Waals surface area contributed by atoms with E-state index in [4.69, 9.17) is 4.74 Å². The van der Waals surface area contributed by atoms with Crippen LogP contribution >= 0.6 is 12.4 Å². The van der Waals surface area contributed by atoms with E-state index in [0.717, 1.165) is 37.2 Å². The van der Waals surface area contributed by atoms with Crippen molar-refractivity contribution < 1.29 is 9.53 Å². The average molecular weight is 299 g/mol. The lowest BCUT2D eigenvalue weighted by molar-refractivity contribution is -0.130. The van der Waals surface area contributed by atoms with Crippen LogP contribution in [0.25, 0.3) is 0 Å². The van der Waals surface area contributed by atoms with Gasteiger partial charge in [-0.3, -0.25) is 4.79 Å². The Hall–Kier alpha value is -1.10. The van der Waals surface area contributed by atoms with Gasteiger partial charge in [-0.1, -0.05) is 12.1 Å². The average Bonchev–Trinajstić information content (AvgIpc) is 2.40. The number of hydrogen-bond donors (Lipinski definition) is 2. The summed E-state index contributed by atoms with van der Waals surface area (Å²) in [4.78, 5) is 12.6. The summed E-state index contributed by atoms with van der Waals surface area (Å²) in [5.74, 6) is 0.0708. The van der Waals surface area contributed by atoms with Gasteiger partial charge in [0.2, 0.25) is 5.91 Å². The Balaban J connectivity index is 0.00000200. The van der Waals surface area contributed by atoms with E-state index in [1.54, 1.807) is 7.11 Å². The highest BCUT2D eigenvalue weighted by Crippen LogP contribution is 2.30. The van der Waals surface area contributed by atoms with Crippen LogP contribution in [0.3, 0.4) is 0 Å². The molecule has 0 spiro atoms. The van der Waals surface area contributed by atoms with Crippen LogP contribution in [0.2, 0.25) is 0 Å². The molecule has 1 fully saturated rings. The van der Waals surface area contributed by atoms with E-state index in [1.165, 1.54) is 0 Å². The van der Waals surface area contributed by atoms with Crippen LogP contribution in [0.4, 0.5) is 5.69 Å². The molecule has 2 rings (SSSR count). The Kier molecular flexibility index (Phi) is 6.46. The highest BCUT2D eigenvalue weighted by atomic mass is 35.5. The molecule has 20 heavy (non-hydrogen) atoms. The lowest BCUT2D eigenvalue weighted by atomic mass is 9.78. The van der Waals surface area contributed by atoms with Gasteiger partial charge in [0, 0.05) is 12.8 Å². The third-order valence-corrected chi connectivity index (χ3v) is 3.74. The van der Waals surface area contributed by atoms with Crippen LogP contribution in [0.15, 0.2) is 24.3 Å². The summed E-state index contributed by atoms with van der Waals surface area (Å²) in [6, 6.07) is 7.88. The van der Waals surface area contributed by atoms with Gasteiger partial charge in [0.05, 0.1) is 12.0 Å². The molecule has 1 heterocycles. The summed E-state index contributed by atoms with van der Waals surface area (Å²) in [5.41, 5.74) is 1.60. The number of ether oxygens (including phenoxy) is 1. The Morgan fingerprint density at radius 1 is 1.40 bits per heavy atom. The fourth-order valence-corrected chi connectivity index (χ4v) is 2.61. The van der Waals surface area contributed by atoms with Crippen molar-refractivity contribution in [2.45, 2.75) is 19.8 Å². The quantitative estimate of drug-likeness (QED) is 0.897. The maximum Gasteiger partial charge on any atom is 0.233 e. The van der Waals surface area contributed by atoms with Gasteiger partial charge in [-0.05, 0) is 50.6 Å². The lowest BCUT2D eigenvalue weighted by Crippen LogP contribution is -2.47. The molecule has 4 nitrogen and oxygen atoms in total. The van der Waals surface area contributed by atoms with Crippen molar-refractivity contribution in [2.24, 2.45) is 5.41 Å². The molecule has 1 aromatic rings. The van der Waals surface area contributed by atoms with Crippen molar-refractivity contribution in [1.82, 2.24) is 5.32 Å². The molecule has 112 valence electrons. The molecular formula is C15H23ClN2O2. The van der Waals surface area contributed by atoms with Gasteiger partial charge in [-0.25, -0.2) is 0 Å². The largest absolute Gasteiger partial charge is 0.384 e. The lowest BCUT2D eigenvalue weighted by Gasteiger charge is -2.35. The molecule has 0 radical (unpaired) electrons. The number of anilines is 1. The van der Waals surface area contributed by atoms with Crippen LogP contribution < -0.4 is 10.6 Å². The van der Waals surface area contributed by atoms with E-state index >= 15 is 0 Å². The summed E-state index contributed by atoms with van der Waals surface area (Å²) >= 11 is 0. The van der Waals surface area contributed by atoms with Gasteiger partial charge in [-0.2, -0.15) is 0 Å². The van der Waals surface area contributed by atoms with Crippen molar-refractivity contribution in [1.29, 1.82) is 0 Å². The second kappa shape index (κ2) is 7.62. The molecule has 0 atom stereocenters. The second-order valence-corrected chi connectivity index (χ2v) is 5.29. The predicted octanol–water partition coefficient (Wildman–Crippen LogP) is 2.37. The number of carbonyl (C=O) groups excluding carboxylic acids is 1. The summed E-state index contributed by atoms with van der Waals surface area (Å²) < 4.78 is 5.28. The number of benzene rings is 1. The molecule has 0 saturated carbocycles. The number of amides is 1. The summed E-state index contributed by atoms with van der Waals surface area (Å²) in [6.45, 7) is 4.23. The van der Waals surface area contributed by atoms with Crippen molar-refractivity contribution in [3.63, 3.8) is 0 Å². The molecule has 1 amide bonds. The van der Waals surface area contributed by atoms with Crippen LogP contribution in [-0.4, -0.2) is 32.7 Å². The minimum Gasteiger partial charge on any atom is -0.384 e. The third-order valence-electron chi connectivity index (χ3n) is 3.74. The van der Waals surface area contributed by atoms with E-state index in [-0.39, 0.29) is 18.3 Å². The molecule has 1 aliphatic heterocycles. The van der Waals surface area contributed by atoms with Crippen LogP contribution in [-0.2, 0) is 9.53 Å². The highest BCUT2D eigenvalue weighted by Gasteiger charge is 2.39. The smallest absolute Gasteiger partial charge is 0.233 e.